The lowest BCUT2D eigenvalue weighted by Crippen LogP contribution is -2.14. The van der Waals surface area contributed by atoms with E-state index in [2.05, 4.69) is 0 Å². The molecule has 0 saturated carbocycles. The van der Waals surface area contributed by atoms with Crippen molar-refractivity contribution >= 4 is 17.1 Å². The van der Waals surface area contributed by atoms with Crippen molar-refractivity contribution in [1.82, 2.24) is 0 Å². The molecule has 0 N–H and O–H groups in total. The third kappa shape index (κ3) is 4.47. The summed E-state index contributed by atoms with van der Waals surface area (Å²) in [5.41, 5.74) is -2.70. The van der Waals surface area contributed by atoms with Crippen molar-refractivity contribution in [3.8, 4) is 0 Å². The van der Waals surface area contributed by atoms with Gasteiger partial charge in [0.1, 0.15) is 0 Å². The molecule has 0 nitrogen and oxygen atoms in total. The van der Waals surface area contributed by atoms with E-state index in [0.717, 1.165) is 0 Å². The topological polar surface area (TPSA) is 0 Å². The van der Waals surface area contributed by atoms with E-state index in [4.69, 9.17) is 12.2 Å². The fourth-order valence-electron chi connectivity index (χ4n) is 1.53. The smallest absolute Gasteiger partial charge is 0.166 e. The summed E-state index contributed by atoms with van der Waals surface area (Å²) in [6.45, 7) is 3.47. The molecule has 0 unspecified atom stereocenters. The normalized spacial score (nSPS) is 12.8. The Kier molecular flexibility index (Phi) is 4.84. The van der Waals surface area contributed by atoms with Gasteiger partial charge in [0.2, 0.25) is 0 Å². The van der Waals surface area contributed by atoms with Gasteiger partial charge in [0.05, 0.1) is 11.1 Å². The summed E-state index contributed by atoms with van der Waals surface area (Å²) in [5.74, 6) is -0.0890. The van der Waals surface area contributed by atoms with Gasteiger partial charge in [0, 0.05) is 6.42 Å². The molecule has 0 atom stereocenters. The quantitative estimate of drug-likeness (QED) is 0.539. The van der Waals surface area contributed by atoms with Crippen molar-refractivity contribution in [2.24, 2.45) is 5.92 Å². The average Bonchev–Trinajstić information content (AvgIpc) is 2.26. The first-order valence-electron chi connectivity index (χ1n) is 5.72. The minimum atomic E-state index is -4.82. The summed E-state index contributed by atoms with van der Waals surface area (Å²) in [6, 6.07) is 1.54. The third-order valence-corrected chi connectivity index (χ3v) is 3.29. The lowest BCUT2D eigenvalue weighted by molar-refractivity contribution is -0.143. The first-order chi connectivity index (χ1) is 8.91. The highest BCUT2D eigenvalue weighted by Gasteiger charge is 2.36. The standard InChI is InChI=1S/C13H12F6S/c1-7(2)11(20)5-8-3-9(12(14,15)16)6-10(4-8)13(17,18)19/h3-4,6-7H,5H2,1-2H3. The molecule has 1 rings (SSSR count). The second-order valence-electron chi connectivity index (χ2n) is 4.71. The summed E-state index contributed by atoms with van der Waals surface area (Å²) >= 11 is 4.97. The van der Waals surface area contributed by atoms with Gasteiger partial charge in [-0.1, -0.05) is 26.1 Å². The van der Waals surface area contributed by atoms with E-state index in [0.29, 0.717) is 17.0 Å². The van der Waals surface area contributed by atoms with Crippen LogP contribution in [0.3, 0.4) is 0 Å². The number of hydrogen-bond donors (Lipinski definition) is 0. The third-order valence-electron chi connectivity index (χ3n) is 2.67. The van der Waals surface area contributed by atoms with Crippen molar-refractivity contribution in [3.05, 3.63) is 34.9 Å². The molecule has 0 radical (unpaired) electrons. The van der Waals surface area contributed by atoms with Crippen LogP contribution in [0.1, 0.15) is 30.5 Å². The lowest BCUT2D eigenvalue weighted by atomic mass is 9.98. The molecular formula is C13H12F6S. The van der Waals surface area contributed by atoms with Crippen LogP contribution in [0.2, 0.25) is 0 Å². The number of rotatable bonds is 3. The molecule has 0 aliphatic carbocycles. The van der Waals surface area contributed by atoms with Crippen molar-refractivity contribution in [2.45, 2.75) is 32.6 Å². The van der Waals surface area contributed by atoms with Crippen LogP contribution in [0.5, 0.6) is 0 Å². The van der Waals surface area contributed by atoms with Crippen molar-refractivity contribution in [3.63, 3.8) is 0 Å². The largest absolute Gasteiger partial charge is 0.416 e. The SMILES string of the molecule is CC(C)C(=S)Cc1cc(C(F)(F)F)cc(C(F)(F)F)c1. The van der Waals surface area contributed by atoms with Gasteiger partial charge >= 0.3 is 12.4 Å². The van der Waals surface area contributed by atoms with E-state index in [1.54, 1.807) is 13.8 Å². The summed E-state index contributed by atoms with van der Waals surface area (Å²) in [4.78, 5) is 0.414. The first kappa shape index (κ1) is 16.9. The van der Waals surface area contributed by atoms with Crippen molar-refractivity contribution in [2.75, 3.05) is 0 Å². The fourth-order valence-corrected chi connectivity index (χ4v) is 1.69. The number of benzene rings is 1. The molecule has 20 heavy (non-hydrogen) atoms. The van der Waals surface area contributed by atoms with Crippen molar-refractivity contribution < 1.29 is 26.3 Å². The zero-order valence-corrected chi connectivity index (χ0v) is 11.5. The molecule has 0 aliphatic heterocycles. The highest BCUT2D eigenvalue weighted by atomic mass is 32.1. The van der Waals surface area contributed by atoms with Crippen LogP contribution in [0, 0.1) is 5.92 Å². The maximum Gasteiger partial charge on any atom is 0.416 e. The average molecular weight is 314 g/mol. The van der Waals surface area contributed by atoms with Gasteiger partial charge in [-0.25, -0.2) is 0 Å². The maximum atomic E-state index is 12.6. The number of hydrogen-bond acceptors (Lipinski definition) is 1. The van der Waals surface area contributed by atoms with E-state index >= 15 is 0 Å². The Morgan fingerprint density at radius 2 is 1.35 bits per heavy atom. The van der Waals surface area contributed by atoms with Crippen LogP contribution in [0.4, 0.5) is 26.3 Å². The van der Waals surface area contributed by atoms with Crippen LogP contribution in [-0.4, -0.2) is 4.86 Å². The molecule has 7 heteroatoms. The maximum absolute atomic E-state index is 12.6. The van der Waals surface area contributed by atoms with E-state index in [9.17, 15) is 26.3 Å². The minimum absolute atomic E-state index is 0.0779. The first-order valence-corrected chi connectivity index (χ1v) is 6.13. The van der Waals surface area contributed by atoms with Gasteiger partial charge < -0.3 is 0 Å². The second kappa shape index (κ2) is 5.71. The molecule has 0 spiro atoms. The summed E-state index contributed by atoms with van der Waals surface area (Å²) in [5, 5.41) is 0. The van der Waals surface area contributed by atoms with Gasteiger partial charge in [0.15, 0.2) is 0 Å². The van der Waals surface area contributed by atoms with Gasteiger partial charge in [-0.15, -0.1) is 0 Å². The number of alkyl halides is 6. The molecule has 0 aliphatic rings. The van der Waals surface area contributed by atoms with E-state index in [1.807, 2.05) is 0 Å². The minimum Gasteiger partial charge on any atom is -0.166 e. The van der Waals surface area contributed by atoms with Gasteiger partial charge in [-0.05, 0) is 34.5 Å². The van der Waals surface area contributed by atoms with Gasteiger partial charge in [-0.2, -0.15) is 26.3 Å². The Balaban J connectivity index is 3.28. The summed E-state index contributed by atoms with van der Waals surface area (Å²) in [6.07, 6.45) is -9.73. The zero-order valence-electron chi connectivity index (χ0n) is 10.7. The highest BCUT2D eigenvalue weighted by Crippen LogP contribution is 2.36. The van der Waals surface area contributed by atoms with E-state index in [1.165, 1.54) is 0 Å². The van der Waals surface area contributed by atoms with E-state index in [-0.39, 0.29) is 24.0 Å². The molecule has 0 heterocycles. The summed E-state index contributed by atoms with van der Waals surface area (Å²) < 4.78 is 75.8. The predicted molar refractivity (Wildman–Crippen MR) is 67.6 cm³/mol. The Hall–Kier alpha value is -1.11. The number of halogens is 6. The zero-order chi connectivity index (χ0) is 15.7. The van der Waals surface area contributed by atoms with Crippen molar-refractivity contribution in [1.29, 1.82) is 0 Å². The molecule has 0 saturated heterocycles. The number of thiocarbonyl (C=S) groups is 1. The molecule has 112 valence electrons. The molecule has 1 aromatic carbocycles. The Labute approximate surface area is 117 Å². The molecule has 0 bridgehead atoms. The fraction of sp³-hybridized carbons (Fsp3) is 0.462. The Morgan fingerprint density at radius 1 is 0.950 bits per heavy atom. The van der Waals surface area contributed by atoms with Crippen LogP contribution in [-0.2, 0) is 18.8 Å². The van der Waals surface area contributed by atoms with Gasteiger partial charge in [-0.3, -0.25) is 0 Å². The van der Waals surface area contributed by atoms with Crippen LogP contribution in [0.25, 0.3) is 0 Å². The highest BCUT2D eigenvalue weighted by molar-refractivity contribution is 7.80. The summed E-state index contributed by atoms with van der Waals surface area (Å²) in [7, 11) is 0. The van der Waals surface area contributed by atoms with Crippen LogP contribution in [0.15, 0.2) is 18.2 Å². The molecular weight excluding hydrogens is 302 g/mol. The molecule has 1 aromatic rings. The lowest BCUT2D eigenvalue weighted by Gasteiger charge is -2.15. The Morgan fingerprint density at radius 3 is 1.65 bits per heavy atom. The van der Waals surface area contributed by atoms with Crippen LogP contribution < -0.4 is 0 Å². The molecule has 0 fully saturated rings. The molecule has 0 aromatic heterocycles. The monoisotopic (exact) mass is 314 g/mol. The molecule has 0 amide bonds. The van der Waals surface area contributed by atoms with Gasteiger partial charge in [0.25, 0.3) is 0 Å². The van der Waals surface area contributed by atoms with E-state index < -0.39 is 23.5 Å². The predicted octanol–water partition coefficient (Wildman–Crippen LogP) is 5.29. The van der Waals surface area contributed by atoms with Crippen LogP contribution >= 0.6 is 12.2 Å². The Bertz CT molecular complexity index is 466. The second-order valence-corrected chi connectivity index (χ2v) is 5.24.